The number of aliphatic hydroxyl groups excluding tert-OH is 1. The molecule has 0 amide bonds. The van der Waals surface area contributed by atoms with E-state index in [4.69, 9.17) is 0 Å². The van der Waals surface area contributed by atoms with E-state index >= 15 is 0 Å². The summed E-state index contributed by atoms with van der Waals surface area (Å²) in [6.07, 6.45) is -0.117. The summed E-state index contributed by atoms with van der Waals surface area (Å²) in [6, 6.07) is 12.0. The topological polar surface area (TPSA) is 33.1 Å². The number of benzene rings is 2. The molecule has 186 valence electrons. The minimum Gasteiger partial charge on any atom is -1.00 e. The molecule has 35 heavy (non-hydrogen) atoms. The van der Waals surface area contributed by atoms with Crippen LogP contribution in [0.3, 0.4) is 0 Å². The maximum absolute atomic E-state index is 14.9. The van der Waals surface area contributed by atoms with E-state index in [0.29, 0.717) is 23.0 Å². The number of pyridine rings is 1. The van der Waals surface area contributed by atoms with Gasteiger partial charge >= 0.3 is 6.18 Å². The second kappa shape index (κ2) is 9.64. The summed E-state index contributed by atoms with van der Waals surface area (Å²) < 4.78 is 54.5. The van der Waals surface area contributed by atoms with Crippen molar-refractivity contribution in [2.24, 2.45) is 11.8 Å². The fourth-order valence-corrected chi connectivity index (χ4v) is 6.16. The molecule has 5 atom stereocenters. The van der Waals surface area contributed by atoms with Gasteiger partial charge in [-0.15, -0.1) is 6.58 Å². The Morgan fingerprint density at radius 2 is 1.94 bits per heavy atom. The molecule has 2 aromatic carbocycles. The van der Waals surface area contributed by atoms with Crippen LogP contribution in [0.1, 0.15) is 35.6 Å². The monoisotopic (exact) mass is 550 g/mol. The predicted molar refractivity (Wildman–Crippen MR) is 122 cm³/mol. The van der Waals surface area contributed by atoms with Crippen LogP contribution >= 0.6 is 0 Å². The summed E-state index contributed by atoms with van der Waals surface area (Å²) in [7, 11) is 0. The quantitative estimate of drug-likeness (QED) is 0.301. The van der Waals surface area contributed by atoms with Crippen molar-refractivity contribution in [3.8, 4) is 0 Å². The third kappa shape index (κ3) is 4.63. The molecule has 0 spiro atoms. The fourth-order valence-electron chi connectivity index (χ4n) is 6.16. The van der Waals surface area contributed by atoms with Crippen molar-refractivity contribution in [1.29, 1.82) is 0 Å². The van der Waals surface area contributed by atoms with Gasteiger partial charge in [-0.3, -0.25) is 4.98 Å². The number of quaternary nitrogens is 1. The lowest BCUT2D eigenvalue weighted by Gasteiger charge is -2.58. The molecule has 1 N–H and O–H groups in total. The smallest absolute Gasteiger partial charge is 0.416 e. The molecule has 0 radical (unpaired) electrons. The Bertz CT molecular complexity index is 1230. The van der Waals surface area contributed by atoms with Gasteiger partial charge in [0.15, 0.2) is 0 Å². The summed E-state index contributed by atoms with van der Waals surface area (Å²) >= 11 is 0. The molecule has 2 bridgehead atoms. The predicted octanol–water partition coefficient (Wildman–Crippen LogP) is 3.04. The summed E-state index contributed by atoms with van der Waals surface area (Å²) in [4.78, 5) is 4.40. The first-order valence-corrected chi connectivity index (χ1v) is 11.6. The molecule has 4 heterocycles. The molecular weight excluding hydrogens is 524 g/mol. The highest BCUT2D eigenvalue weighted by molar-refractivity contribution is 5.82. The average molecular weight is 551 g/mol. The minimum absolute atomic E-state index is 0. The van der Waals surface area contributed by atoms with Gasteiger partial charge in [0.2, 0.25) is 0 Å². The van der Waals surface area contributed by atoms with Crippen LogP contribution in [0.15, 0.2) is 67.4 Å². The van der Waals surface area contributed by atoms with E-state index in [2.05, 4.69) is 11.6 Å². The van der Waals surface area contributed by atoms with Gasteiger partial charge in [0.25, 0.3) is 0 Å². The number of alkyl halides is 3. The van der Waals surface area contributed by atoms with E-state index in [1.165, 1.54) is 6.07 Å². The van der Waals surface area contributed by atoms with Gasteiger partial charge < -0.3 is 26.6 Å². The first-order chi connectivity index (χ1) is 16.2. The second-order valence-electron chi connectivity index (χ2n) is 9.70. The summed E-state index contributed by atoms with van der Waals surface area (Å²) in [5.41, 5.74) is 0.825. The van der Waals surface area contributed by atoms with Gasteiger partial charge in [-0.05, 0) is 41.8 Å². The molecule has 8 heteroatoms. The molecule has 3 saturated heterocycles. The number of halogens is 5. The van der Waals surface area contributed by atoms with E-state index in [1.54, 1.807) is 6.20 Å². The molecule has 1 aromatic heterocycles. The Kier molecular flexibility index (Phi) is 7.10. The molecule has 6 rings (SSSR count). The number of aliphatic hydroxyl groups is 1. The SMILES string of the molecule is C=C[C@H]1C[N+]2(Cc3ccc(C(F)(F)F)cc3F)CC[C@H]1C[C@@H]2[C@@H](O)c1ccnc2ccccc12.[Br-]. The lowest BCUT2D eigenvalue weighted by atomic mass is 9.71. The molecule has 3 fully saturated rings. The van der Waals surface area contributed by atoms with Crippen molar-refractivity contribution >= 4 is 10.9 Å². The third-order valence-corrected chi connectivity index (χ3v) is 7.91. The lowest BCUT2D eigenvalue weighted by molar-refractivity contribution is -0.985. The Balaban J connectivity index is 0.00000289. The highest BCUT2D eigenvalue weighted by Gasteiger charge is 2.54. The summed E-state index contributed by atoms with van der Waals surface area (Å²) in [5.74, 6) is -0.251. The van der Waals surface area contributed by atoms with Crippen LogP contribution < -0.4 is 17.0 Å². The fraction of sp³-hybridized carbons (Fsp3) is 0.370. The molecule has 3 nitrogen and oxygen atoms in total. The molecule has 3 aliphatic heterocycles. The zero-order valence-corrected chi connectivity index (χ0v) is 20.6. The maximum atomic E-state index is 14.9. The van der Waals surface area contributed by atoms with E-state index in [1.807, 2.05) is 36.4 Å². The number of piperidine rings is 3. The van der Waals surface area contributed by atoms with Crippen LogP contribution in [0.25, 0.3) is 10.9 Å². The van der Waals surface area contributed by atoms with Gasteiger partial charge in [0, 0.05) is 35.9 Å². The van der Waals surface area contributed by atoms with Crippen molar-refractivity contribution in [2.45, 2.75) is 37.7 Å². The van der Waals surface area contributed by atoms with E-state index in [9.17, 15) is 22.7 Å². The van der Waals surface area contributed by atoms with Gasteiger partial charge in [-0.1, -0.05) is 24.3 Å². The molecule has 1 unspecified atom stereocenters. The van der Waals surface area contributed by atoms with Crippen LogP contribution in [0.4, 0.5) is 17.6 Å². The zero-order chi connectivity index (χ0) is 24.1. The van der Waals surface area contributed by atoms with Crippen LogP contribution in [-0.4, -0.2) is 33.7 Å². The zero-order valence-electron chi connectivity index (χ0n) is 19.1. The van der Waals surface area contributed by atoms with Crippen LogP contribution in [-0.2, 0) is 12.7 Å². The highest BCUT2D eigenvalue weighted by atomic mass is 79.9. The number of fused-ring (bicyclic) bond motifs is 4. The summed E-state index contributed by atoms with van der Waals surface area (Å²) in [6.45, 7) is 5.63. The number of hydrogen-bond donors (Lipinski definition) is 1. The molecule has 3 aliphatic rings. The number of hydrogen-bond acceptors (Lipinski definition) is 2. The number of para-hydroxylation sites is 1. The van der Waals surface area contributed by atoms with Gasteiger partial charge in [-0.25, -0.2) is 4.39 Å². The average Bonchev–Trinajstić information content (AvgIpc) is 2.84. The first-order valence-electron chi connectivity index (χ1n) is 11.6. The second-order valence-corrected chi connectivity index (χ2v) is 9.70. The number of aromatic nitrogens is 1. The Labute approximate surface area is 212 Å². The standard InChI is InChI=1S/C27H27F4N2O.BrH/c1-2-17-15-33(16-19-7-8-20(14-23(19)28)27(29,30)31)12-10-18(17)13-25(33)26(34)22-9-11-32-24-6-4-3-5-21(22)24;/h2-9,11,14,17-18,25-26,34H,1,10,12-13,15-16H2;1H/q+1;/p-1/t17-,18-,25+,26-,33?;/m0./s1. The number of rotatable bonds is 5. The number of nitrogens with zero attached hydrogens (tertiary/aromatic N) is 2. The molecular formula is C27H27BrF4N2O. The Morgan fingerprint density at radius 1 is 1.17 bits per heavy atom. The minimum atomic E-state index is -4.59. The largest absolute Gasteiger partial charge is 1.00 e. The van der Waals surface area contributed by atoms with E-state index < -0.39 is 23.7 Å². The maximum Gasteiger partial charge on any atom is 0.416 e. The van der Waals surface area contributed by atoms with Gasteiger partial charge in [0.1, 0.15) is 24.5 Å². The lowest BCUT2D eigenvalue weighted by Crippen LogP contribution is -3.00. The highest BCUT2D eigenvalue weighted by Crippen LogP contribution is 2.48. The first kappa shape index (κ1) is 25.8. The van der Waals surface area contributed by atoms with Crippen LogP contribution in [0.5, 0.6) is 0 Å². The van der Waals surface area contributed by atoms with Crippen molar-refractivity contribution in [1.82, 2.24) is 4.98 Å². The molecule has 3 aromatic rings. The normalized spacial score (nSPS) is 26.8. The van der Waals surface area contributed by atoms with Crippen molar-refractivity contribution in [2.75, 3.05) is 13.1 Å². The Morgan fingerprint density at radius 3 is 2.66 bits per heavy atom. The molecule has 0 aliphatic carbocycles. The van der Waals surface area contributed by atoms with Crippen molar-refractivity contribution in [3.05, 3.63) is 89.9 Å². The van der Waals surface area contributed by atoms with Crippen molar-refractivity contribution in [3.63, 3.8) is 0 Å². The Hall–Kier alpha value is -2.29. The van der Waals surface area contributed by atoms with Crippen LogP contribution in [0, 0.1) is 17.7 Å². The van der Waals surface area contributed by atoms with Crippen LogP contribution in [0.2, 0.25) is 0 Å². The van der Waals surface area contributed by atoms with Crippen molar-refractivity contribution < 1.29 is 44.1 Å². The molecule has 0 saturated carbocycles. The van der Waals surface area contributed by atoms with Gasteiger partial charge in [0.05, 0.1) is 24.2 Å². The summed E-state index contributed by atoms with van der Waals surface area (Å²) in [5, 5.41) is 12.6. The van der Waals surface area contributed by atoms with Gasteiger partial charge in [-0.2, -0.15) is 13.2 Å². The van der Waals surface area contributed by atoms with E-state index in [-0.39, 0.29) is 41.0 Å². The van der Waals surface area contributed by atoms with E-state index in [0.717, 1.165) is 41.9 Å². The third-order valence-electron chi connectivity index (χ3n) is 7.91.